The van der Waals surface area contributed by atoms with Crippen molar-refractivity contribution in [3.8, 4) is 0 Å². The summed E-state index contributed by atoms with van der Waals surface area (Å²) in [5.74, 6) is 0.419. The molecule has 4 aliphatic heterocycles. The molecule has 4 nitrogen and oxygen atoms in total. The fraction of sp³-hybridized carbons (Fsp3) is 1.00. The summed E-state index contributed by atoms with van der Waals surface area (Å²) < 4.78 is 0. The Labute approximate surface area is 97.2 Å². The Morgan fingerprint density at radius 1 is 1.31 bits per heavy atom. The monoisotopic (exact) mass is 225 g/mol. The van der Waals surface area contributed by atoms with E-state index in [1.807, 2.05) is 0 Å². The number of hydrogen-bond acceptors (Lipinski definition) is 4. The molecule has 0 saturated carbocycles. The normalized spacial score (nSPS) is 52.9. The SMILES string of the molecule is NC1(C2(O)CN3CCC2CC3)CCCNC1. The van der Waals surface area contributed by atoms with Crippen LogP contribution in [-0.4, -0.2) is 53.9 Å². The lowest BCUT2D eigenvalue weighted by molar-refractivity contribution is -0.159. The Hall–Kier alpha value is -0.160. The zero-order valence-corrected chi connectivity index (χ0v) is 9.91. The Bertz CT molecular complexity index is 269. The molecule has 0 amide bonds. The smallest absolute Gasteiger partial charge is 0.0993 e. The van der Waals surface area contributed by atoms with Gasteiger partial charge in [0.1, 0.15) is 0 Å². The van der Waals surface area contributed by atoms with Gasteiger partial charge >= 0.3 is 0 Å². The average molecular weight is 225 g/mol. The summed E-state index contributed by atoms with van der Waals surface area (Å²) in [6.07, 6.45) is 4.29. The Morgan fingerprint density at radius 2 is 2.06 bits per heavy atom. The molecule has 0 aliphatic carbocycles. The van der Waals surface area contributed by atoms with Gasteiger partial charge in [-0.15, -0.1) is 0 Å². The maximum atomic E-state index is 11.0. The highest BCUT2D eigenvalue weighted by Crippen LogP contribution is 2.43. The maximum Gasteiger partial charge on any atom is 0.0993 e. The minimum atomic E-state index is -0.656. The molecular formula is C12H23N3O. The van der Waals surface area contributed by atoms with E-state index in [0.29, 0.717) is 5.92 Å². The lowest BCUT2D eigenvalue weighted by Gasteiger charge is -2.58. The molecular weight excluding hydrogens is 202 g/mol. The number of piperidine rings is 4. The second-order valence-corrected chi connectivity index (χ2v) is 5.91. The van der Waals surface area contributed by atoms with Crippen molar-refractivity contribution < 1.29 is 5.11 Å². The predicted molar refractivity (Wildman–Crippen MR) is 63.1 cm³/mol. The van der Waals surface area contributed by atoms with Crippen LogP contribution in [0.3, 0.4) is 0 Å². The number of fused-ring (bicyclic) bond motifs is 3. The second kappa shape index (κ2) is 3.67. The van der Waals surface area contributed by atoms with Crippen molar-refractivity contribution in [2.24, 2.45) is 11.7 Å². The third kappa shape index (κ3) is 1.44. The van der Waals surface area contributed by atoms with Crippen molar-refractivity contribution in [1.29, 1.82) is 0 Å². The van der Waals surface area contributed by atoms with Gasteiger partial charge in [0, 0.05) is 13.1 Å². The van der Waals surface area contributed by atoms with Crippen LogP contribution >= 0.6 is 0 Å². The zero-order valence-electron chi connectivity index (χ0n) is 9.91. The van der Waals surface area contributed by atoms with Crippen molar-refractivity contribution in [2.75, 3.05) is 32.7 Å². The van der Waals surface area contributed by atoms with Gasteiger partial charge in [-0.25, -0.2) is 0 Å². The van der Waals surface area contributed by atoms with E-state index in [1.165, 1.54) is 0 Å². The number of nitrogens with one attached hydrogen (secondary N) is 1. The van der Waals surface area contributed by atoms with Crippen molar-refractivity contribution in [1.82, 2.24) is 10.2 Å². The van der Waals surface area contributed by atoms with Crippen LogP contribution in [0.4, 0.5) is 0 Å². The topological polar surface area (TPSA) is 61.5 Å². The molecule has 4 aliphatic rings. The van der Waals surface area contributed by atoms with Gasteiger partial charge in [-0.1, -0.05) is 0 Å². The van der Waals surface area contributed by atoms with Crippen LogP contribution in [0.1, 0.15) is 25.7 Å². The van der Waals surface area contributed by atoms with Crippen LogP contribution < -0.4 is 11.1 Å². The third-order valence-electron chi connectivity index (χ3n) is 5.01. The van der Waals surface area contributed by atoms with Gasteiger partial charge in [0.2, 0.25) is 0 Å². The summed E-state index contributed by atoms with van der Waals surface area (Å²) in [5, 5.41) is 14.4. The number of rotatable bonds is 1. The Kier molecular flexibility index (Phi) is 2.51. The molecule has 2 bridgehead atoms. The maximum absolute atomic E-state index is 11.0. The summed E-state index contributed by atoms with van der Waals surface area (Å²) in [7, 11) is 0. The van der Waals surface area contributed by atoms with Gasteiger partial charge in [0.05, 0.1) is 11.1 Å². The zero-order chi connectivity index (χ0) is 11.2. The van der Waals surface area contributed by atoms with Gasteiger partial charge in [-0.2, -0.15) is 0 Å². The fourth-order valence-electron chi connectivity index (χ4n) is 3.90. The lowest BCUT2D eigenvalue weighted by Crippen LogP contribution is -2.76. The van der Waals surface area contributed by atoms with Crippen LogP contribution in [0.5, 0.6) is 0 Å². The first-order chi connectivity index (χ1) is 7.64. The van der Waals surface area contributed by atoms with Crippen LogP contribution in [0, 0.1) is 5.92 Å². The molecule has 0 aromatic heterocycles. The highest BCUT2D eigenvalue weighted by Gasteiger charge is 2.56. The molecule has 4 heterocycles. The first-order valence-corrected chi connectivity index (χ1v) is 6.58. The Morgan fingerprint density at radius 3 is 2.56 bits per heavy atom. The summed E-state index contributed by atoms with van der Waals surface area (Å²) in [6, 6.07) is 0. The molecule has 2 atom stereocenters. The quantitative estimate of drug-likeness (QED) is 0.564. The minimum absolute atomic E-state index is 0.408. The number of aliphatic hydroxyl groups is 1. The molecule has 16 heavy (non-hydrogen) atoms. The minimum Gasteiger partial charge on any atom is -0.386 e. The molecule has 0 aromatic rings. The van der Waals surface area contributed by atoms with E-state index in [-0.39, 0.29) is 0 Å². The summed E-state index contributed by atoms with van der Waals surface area (Å²) >= 11 is 0. The molecule has 4 fully saturated rings. The van der Waals surface area contributed by atoms with E-state index in [9.17, 15) is 5.11 Å². The van der Waals surface area contributed by atoms with Gasteiger partial charge in [0.15, 0.2) is 0 Å². The Balaban J connectivity index is 1.86. The highest BCUT2D eigenvalue weighted by molar-refractivity contribution is 5.14. The molecule has 2 unspecified atom stereocenters. The third-order valence-corrected chi connectivity index (χ3v) is 5.01. The van der Waals surface area contributed by atoms with Crippen molar-refractivity contribution in [3.63, 3.8) is 0 Å². The van der Waals surface area contributed by atoms with Crippen molar-refractivity contribution in [3.05, 3.63) is 0 Å². The van der Waals surface area contributed by atoms with Crippen molar-refractivity contribution in [2.45, 2.75) is 36.8 Å². The van der Waals surface area contributed by atoms with Crippen LogP contribution in [0.25, 0.3) is 0 Å². The van der Waals surface area contributed by atoms with Crippen LogP contribution in [0.2, 0.25) is 0 Å². The van der Waals surface area contributed by atoms with E-state index >= 15 is 0 Å². The standard InChI is InChI=1S/C12H23N3O/c13-11(4-1-5-14-8-11)12(16)9-15-6-2-10(12)3-7-15/h10,14,16H,1-9,13H2. The van der Waals surface area contributed by atoms with E-state index in [4.69, 9.17) is 5.73 Å². The summed E-state index contributed by atoms with van der Waals surface area (Å²) in [6.45, 7) is 4.90. The molecule has 4 heteroatoms. The van der Waals surface area contributed by atoms with E-state index in [0.717, 1.165) is 58.4 Å². The highest BCUT2D eigenvalue weighted by atomic mass is 16.3. The number of hydrogen-bond donors (Lipinski definition) is 3. The average Bonchev–Trinajstić information content (AvgIpc) is 2.31. The van der Waals surface area contributed by atoms with Crippen LogP contribution in [0.15, 0.2) is 0 Å². The van der Waals surface area contributed by atoms with Gasteiger partial charge in [0.25, 0.3) is 0 Å². The molecule has 92 valence electrons. The molecule has 4 rings (SSSR count). The molecule has 0 spiro atoms. The lowest BCUT2D eigenvalue weighted by atomic mass is 9.63. The largest absolute Gasteiger partial charge is 0.386 e. The molecule has 0 radical (unpaired) electrons. The first-order valence-electron chi connectivity index (χ1n) is 6.58. The van der Waals surface area contributed by atoms with Gasteiger partial charge < -0.3 is 21.1 Å². The van der Waals surface area contributed by atoms with Crippen LogP contribution in [-0.2, 0) is 0 Å². The van der Waals surface area contributed by atoms with E-state index < -0.39 is 11.1 Å². The number of nitrogens with two attached hydrogens (primary N) is 1. The fourth-order valence-corrected chi connectivity index (χ4v) is 3.90. The molecule has 4 N–H and O–H groups in total. The van der Waals surface area contributed by atoms with Gasteiger partial charge in [-0.3, -0.25) is 0 Å². The molecule has 0 aromatic carbocycles. The predicted octanol–water partition coefficient (Wildman–Crippen LogP) is -0.476. The van der Waals surface area contributed by atoms with Gasteiger partial charge in [-0.05, 0) is 51.2 Å². The van der Waals surface area contributed by atoms with E-state index in [1.54, 1.807) is 0 Å². The summed E-state index contributed by atoms with van der Waals surface area (Å²) in [4.78, 5) is 2.38. The molecule has 4 saturated heterocycles. The first kappa shape index (κ1) is 11.0. The van der Waals surface area contributed by atoms with Crippen molar-refractivity contribution >= 4 is 0 Å². The van der Waals surface area contributed by atoms with E-state index in [2.05, 4.69) is 10.2 Å². The summed E-state index contributed by atoms with van der Waals surface area (Å²) in [5.41, 5.74) is 5.45. The number of nitrogens with zero attached hydrogens (tertiary/aromatic N) is 1. The second-order valence-electron chi connectivity index (χ2n) is 5.91.